The van der Waals surface area contributed by atoms with Crippen molar-refractivity contribution in [1.82, 2.24) is 10.3 Å². The van der Waals surface area contributed by atoms with Crippen LogP contribution in [0.25, 0.3) is 20.7 Å². The minimum absolute atomic E-state index is 0.211. The first-order valence-electron chi connectivity index (χ1n) is 13.2. The smallest absolute Gasteiger partial charge is 0.244 e. The Bertz CT molecular complexity index is 1790. The summed E-state index contributed by atoms with van der Waals surface area (Å²) in [6.07, 6.45) is 0.211. The van der Waals surface area contributed by atoms with Gasteiger partial charge in [-0.25, -0.2) is 4.98 Å². The van der Waals surface area contributed by atoms with E-state index in [0.717, 1.165) is 42.4 Å². The Kier molecular flexibility index (Phi) is 8.59. The Morgan fingerprint density at radius 3 is 2.21 bits per heavy atom. The number of thiophene rings is 2. The molecule has 1 amide bonds. The van der Waals surface area contributed by atoms with Crippen LogP contribution in [0.5, 0.6) is 0 Å². The number of carbonyl (C=O) groups is 1. The summed E-state index contributed by atoms with van der Waals surface area (Å²) in [5.41, 5.74) is 3.53. The lowest BCUT2D eigenvalue weighted by Gasteiger charge is -2.34. The van der Waals surface area contributed by atoms with Gasteiger partial charge in [0.2, 0.25) is 5.91 Å². The summed E-state index contributed by atoms with van der Waals surface area (Å²) in [5, 5.41) is 9.57. The molecular formula is C32H26N3O3S4-. The fraction of sp³-hybridized carbons (Fsp3) is 0.125. The molecule has 3 aromatic heterocycles. The molecule has 0 saturated carbocycles. The maximum Gasteiger partial charge on any atom is 0.244 e. The summed E-state index contributed by atoms with van der Waals surface area (Å²) in [4.78, 5) is 19.7. The highest BCUT2D eigenvalue weighted by molar-refractivity contribution is 7.81. The van der Waals surface area contributed by atoms with Crippen molar-refractivity contribution in [2.45, 2.75) is 25.4 Å². The van der Waals surface area contributed by atoms with Crippen LogP contribution < -0.4 is 9.62 Å². The Balaban J connectivity index is 1.41. The van der Waals surface area contributed by atoms with Gasteiger partial charge in [0.05, 0.1) is 21.6 Å². The Labute approximate surface area is 258 Å². The maximum atomic E-state index is 14.3. The number of nitrogens with zero attached hydrogens (tertiary/aromatic N) is 2. The first-order chi connectivity index (χ1) is 20.5. The van der Waals surface area contributed by atoms with Crippen molar-refractivity contribution in [1.29, 1.82) is 0 Å². The molecule has 3 aromatic carbocycles. The molecule has 6 rings (SSSR count). The van der Waals surface area contributed by atoms with Gasteiger partial charge in [-0.1, -0.05) is 78.9 Å². The van der Waals surface area contributed by atoms with Crippen LogP contribution in [-0.2, 0) is 22.5 Å². The summed E-state index contributed by atoms with van der Waals surface area (Å²) in [5.74, 6) is -0.383. The molecule has 0 fully saturated rings. The molecule has 0 spiro atoms. The first kappa shape index (κ1) is 28.4. The molecular weight excluding hydrogens is 603 g/mol. The molecule has 2 atom stereocenters. The van der Waals surface area contributed by atoms with Gasteiger partial charge >= 0.3 is 0 Å². The third kappa shape index (κ3) is 6.08. The number of hydrogen-bond donors (Lipinski definition) is 1. The lowest BCUT2D eigenvalue weighted by atomic mass is 9.97. The average Bonchev–Trinajstić information content (AvgIpc) is 3.77. The molecule has 2 unspecified atom stereocenters. The molecule has 0 aliphatic carbocycles. The van der Waals surface area contributed by atoms with Crippen molar-refractivity contribution in [2.75, 3.05) is 4.31 Å². The maximum absolute atomic E-state index is 14.3. The number of nitrogens with one attached hydrogen (secondary N) is 1. The number of amides is 1. The van der Waals surface area contributed by atoms with Crippen LogP contribution in [0.1, 0.15) is 27.7 Å². The lowest BCUT2D eigenvalue weighted by Crippen LogP contribution is -2.50. The van der Waals surface area contributed by atoms with E-state index >= 15 is 0 Å². The fourth-order valence-electron chi connectivity index (χ4n) is 4.96. The number of aromatic nitrogens is 1. The zero-order chi connectivity index (χ0) is 29.1. The monoisotopic (exact) mass is 628 g/mol. The van der Waals surface area contributed by atoms with Gasteiger partial charge in [0.25, 0.3) is 0 Å². The van der Waals surface area contributed by atoms with E-state index in [0.29, 0.717) is 5.00 Å². The summed E-state index contributed by atoms with van der Waals surface area (Å²) < 4.78 is 28.2. The number of fused-ring (bicyclic) bond motifs is 1. The molecule has 6 aromatic rings. The second-order valence-electron chi connectivity index (χ2n) is 9.67. The highest BCUT2D eigenvalue weighted by atomic mass is 32.2. The molecule has 0 aliphatic heterocycles. The minimum atomic E-state index is -2.72. The standard InChI is InChI=1S/C32H27N3O3S4/c1-21-33-26(20-39-21)29-16-17-30(41-29)35(42(37)38)27(18-24-19-40-28-15-9-8-14-25(24)28)32(36)34-31(22-10-4-2-5-11-22)23-12-6-3-7-13-23/h2-17,19-20,27,31H,18H2,1H3,(H,34,36)(H,37,38)/p-1. The van der Waals surface area contributed by atoms with Gasteiger partial charge in [0.15, 0.2) is 0 Å². The molecule has 0 saturated heterocycles. The average molecular weight is 629 g/mol. The van der Waals surface area contributed by atoms with Crippen molar-refractivity contribution >= 4 is 66.3 Å². The second kappa shape index (κ2) is 12.7. The summed E-state index contributed by atoms with van der Waals surface area (Å²) in [6.45, 7) is 1.93. The molecule has 42 heavy (non-hydrogen) atoms. The van der Waals surface area contributed by atoms with Gasteiger partial charge in [-0.3, -0.25) is 13.3 Å². The summed E-state index contributed by atoms with van der Waals surface area (Å²) in [6, 6.07) is 29.5. The number of thiazole rings is 1. The van der Waals surface area contributed by atoms with Crippen molar-refractivity contribution in [2.24, 2.45) is 0 Å². The highest BCUT2D eigenvalue weighted by Crippen LogP contribution is 2.37. The molecule has 6 nitrogen and oxygen atoms in total. The Morgan fingerprint density at radius 2 is 1.57 bits per heavy atom. The SMILES string of the molecule is Cc1nc(-c2ccc(N(C(Cc3csc4ccccc34)C(=O)NC(c3ccccc3)c3ccccc3)S(=O)[O-])s2)cs1. The first-order valence-corrected chi connectivity index (χ1v) is 16.8. The highest BCUT2D eigenvalue weighted by Gasteiger charge is 2.32. The topological polar surface area (TPSA) is 85.4 Å². The van der Waals surface area contributed by atoms with Crippen LogP contribution in [-0.4, -0.2) is 25.7 Å². The quantitative estimate of drug-likeness (QED) is 0.159. The largest absolute Gasteiger partial charge is 0.755 e. The molecule has 0 radical (unpaired) electrons. The van der Waals surface area contributed by atoms with Gasteiger partial charge in [-0.2, -0.15) is 0 Å². The van der Waals surface area contributed by atoms with Gasteiger partial charge < -0.3 is 9.87 Å². The molecule has 0 aliphatic rings. The van der Waals surface area contributed by atoms with Crippen LogP contribution in [0.3, 0.4) is 0 Å². The number of anilines is 1. The number of aryl methyl sites for hydroxylation is 1. The van der Waals surface area contributed by atoms with Crippen molar-refractivity contribution in [3.63, 3.8) is 0 Å². The van der Waals surface area contributed by atoms with E-state index in [2.05, 4.69) is 10.3 Å². The predicted octanol–water partition coefficient (Wildman–Crippen LogP) is 7.51. The zero-order valence-corrected chi connectivity index (χ0v) is 25.8. The number of rotatable bonds is 10. The van der Waals surface area contributed by atoms with E-state index in [9.17, 15) is 13.6 Å². The van der Waals surface area contributed by atoms with Crippen molar-refractivity contribution in [3.05, 3.63) is 130 Å². The number of carbonyl (C=O) groups excluding carboxylic acids is 1. The summed E-state index contributed by atoms with van der Waals surface area (Å²) in [7, 11) is 0. The van der Waals surface area contributed by atoms with Gasteiger partial charge in [0.1, 0.15) is 11.0 Å². The number of benzene rings is 3. The lowest BCUT2D eigenvalue weighted by molar-refractivity contribution is -0.122. The molecule has 212 valence electrons. The van der Waals surface area contributed by atoms with Crippen LogP contribution in [0.15, 0.2) is 108 Å². The van der Waals surface area contributed by atoms with Crippen LogP contribution in [0.4, 0.5) is 5.00 Å². The van der Waals surface area contributed by atoms with Crippen LogP contribution in [0.2, 0.25) is 0 Å². The Morgan fingerprint density at radius 1 is 0.905 bits per heavy atom. The molecule has 10 heteroatoms. The third-order valence-corrected chi connectivity index (χ3v) is 10.7. The van der Waals surface area contributed by atoms with E-state index in [1.54, 1.807) is 17.4 Å². The minimum Gasteiger partial charge on any atom is -0.755 e. The van der Waals surface area contributed by atoms with E-state index in [1.807, 2.05) is 109 Å². The predicted molar refractivity (Wildman–Crippen MR) is 174 cm³/mol. The second-order valence-corrected chi connectivity index (χ2v) is 13.5. The van der Waals surface area contributed by atoms with Crippen molar-refractivity contribution < 1.29 is 13.6 Å². The normalized spacial score (nSPS) is 12.8. The van der Waals surface area contributed by atoms with E-state index in [1.165, 1.54) is 27.0 Å². The van der Waals surface area contributed by atoms with E-state index < -0.39 is 23.4 Å². The van der Waals surface area contributed by atoms with Crippen molar-refractivity contribution in [3.8, 4) is 10.6 Å². The molecule has 3 heterocycles. The molecule has 0 bridgehead atoms. The zero-order valence-electron chi connectivity index (χ0n) is 22.5. The summed E-state index contributed by atoms with van der Waals surface area (Å²) >= 11 is 1.71. The fourth-order valence-corrected chi connectivity index (χ4v) is 8.43. The third-order valence-electron chi connectivity index (χ3n) is 6.95. The van der Waals surface area contributed by atoms with Gasteiger partial charge in [-0.15, -0.1) is 34.0 Å². The Hall–Kier alpha value is -3.67. The molecule has 1 N–H and O–H groups in total. The van der Waals surface area contributed by atoms with E-state index in [4.69, 9.17) is 0 Å². The van der Waals surface area contributed by atoms with Crippen LogP contribution in [0, 0.1) is 6.92 Å². The van der Waals surface area contributed by atoms with E-state index in [-0.39, 0.29) is 12.3 Å². The van der Waals surface area contributed by atoms with Gasteiger partial charge in [-0.05, 0) is 52.6 Å². The van der Waals surface area contributed by atoms with Gasteiger partial charge in [0, 0.05) is 27.8 Å². The number of hydrogen-bond acceptors (Lipinski definition) is 7. The van der Waals surface area contributed by atoms with Crippen LogP contribution >= 0.6 is 34.0 Å².